The molecule has 164 valence electrons. The summed E-state index contributed by atoms with van der Waals surface area (Å²) in [5.41, 5.74) is 6.64. The molecule has 0 saturated carbocycles. The fourth-order valence-electron chi connectivity index (χ4n) is 3.09. The summed E-state index contributed by atoms with van der Waals surface area (Å²) in [7, 11) is -9.74. The van der Waals surface area contributed by atoms with E-state index in [1.165, 1.54) is 12.3 Å². The van der Waals surface area contributed by atoms with Crippen molar-refractivity contribution in [3.05, 3.63) is 30.5 Å². The van der Waals surface area contributed by atoms with Gasteiger partial charge in [0, 0.05) is 23.5 Å². The number of aromatic amines is 1. The zero-order valence-corrected chi connectivity index (χ0v) is 17.4. The van der Waals surface area contributed by atoms with Gasteiger partial charge in [0.25, 0.3) is 0 Å². The van der Waals surface area contributed by atoms with E-state index in [2.05, 4.69) is 19.9 Å². The molecule has 30 heavy (non-hydrogen) atoms. The van der Waals surface area contributed by atoms with Crippen LogP contribution in [0.2, 0.25) is 0 Å². The molecule has 13 heteroatoms. The van der Waals surface area contributed by atoms with Gasteiger partial charge in [-0.3, -0.25) is 0 Å². The first-order valence-electron chi connectivity index (χ1n) is 8.97. The van der Waals surface area contributed by atoms with Crippen molar-refractivity contribution in [3.63, 3.8) is 0 Å². The smallest absolute Gasteiger partial charge is 0.310 e. The average molecular weight is 467 g/mol. The van der Waals surface area contributed by atoms with E-state index in [-0.39, 0.29) is 15.5 Å². The average Bonchev–Trinajstić information content (AvgIpc) is 3.03. The number of hydrogen-bond donors (Lipinski definition) is 2. The molecule has 0 spiro atoms. The summed E-state index contributed by atoms with van der Waals surface area (Å²) in [5.74, 6) is 0.588. The van der Waals surface area contributed by atoms with Crippen molar-refractivity contribution in [2.45, 2.75) is 40.1 Å². The molecule has 0 aliphatic carbocycles. The van der Waals surface area contributed by atoms with Gasteiger partial charge in [-0.2, -0.15) is 4.98 Å². The van der Waals surface area contributed by atoms with Crippen molar-refractivity contribution in [3.8, 4) is 0 Å². The molecule has 2 aromatic heterocycles. The third kappa shape index (κ3) is 4.62. The van der Waals surface area contributed by atoms with Gasteiger partial charge in [-0.05, 0) is 38.0 Å². The molecule has 4 rings (SSSR count). The van der Waals surface area contributed by atoms with E-state index in [1.807, 2.05) is 11.8 Å². The van der Waals surface area contributed by atoms with Gasteiger partial charge in [-0.15, -0.1) is 0 Å². The first-order valence-corrected chi connectivity index (χ1v) is 11.7. The van der Waals surface area contributed by atoms with Gasteiger partial charge in [-0.25, -0.2) is 9.97 Å². The number of anilines is 1. The van der Waals surface area contributed by atoms with Crippen LogP contribution in [0.1, 0.15) is 19.8 Å². The molecule has 3 heterocycles. The van der Waals surface area contributed by atoms with E-state index in [4.69, 9.17) is 5.73 Å². The summed E-state index contributed by atoms with van der Waals surface area (Å²) in [4.78, 5) is 16.0. The Bertz CT molecular complexity index is 1110. The maximum absolute atomic E-state index is 13.0. The van der Waals surface area contributed by atoms with Crippen molar-refractivity contribution >= 4 is 39.2 Å². The van der Waals surface area contributed by atoms with Gasteiger partial charge in [0.1, 0.15) is 9.92 Å². The molecule has 0 atom stereocenters. The molecule has 0 radical (unpaired) electrons. The predicted octanol–water partition coefficient (Wildman–Crippen LogP) is 5.48. The van der Waals surface area contributed by atoms with Crippen molar-refractivity contribution in [1.82, 2.24) is 19.9 Å². The molecule has 1 aromatic carbocycles. The molecule has 0 bridgehead atoms. The van der Waals surface area contributed by atoms with Crippen molar-refractivity contribution in [2.75, 3.05) is 18.0 Å². The van der Waals surface area contributed by atoms with Crippen LogP contribution in [0.5, 0.6) is 0 Å². The van der Waals surface area contributed by atoms with Crippen molar-refractivity contribution < 1.29 is 19.4 Å². The van der Waals surface area contributed by atoms with Crippen LogP contribution in [0, 0.1) is 0 Å². The molecule has 1 aliphatic heterocycles. The largest absolute Gasteiger partial charge is 0.342 e. The van der Waals surface area contributed by atoms with Gasteiger partial charge in [0.2, 0.25) is 5.95 Å². The van der Waals surface area contributed by atoms with Crippen molar-refractivity contribution in [2.24, 2.45) is 5.73 Å². The lowest BCUT2D eigenvalue weighted by atomic mass is 9.91. The standard InChI is InChI=1S/C17H19F5N6S2/c1-17(23)5-7-28(8-6-17)16-26-14-15(27-16)25-13(10-24-14)29-11-3-2-4-12(9-11)30(18,19,20,21)22/h2-4,9-10H,5-8,23H2,1H3,(H,24,25,26,27). The summed E-state index contributed by atoms with van der Waals surface area (Å²) in [5, 5.41) is 0.255. The molecule has 3 aromatic rings. The Morgan fingerprint density at radius 1 is 1.13 bits per heavy atom. The first-order chi connectivity index (χ1) is 13.7. The van der Waals surface area contributed by atoms with Crippen LogP contribution in [-0.2, 0) is 0 Å². The number of nitrogens with zero attached hydrogens (tertiary/aromatic N) is 4. The van der Waals surface area contributed by atoms with Crippen LogP contribution in [0.25, 0.3) is 11.3 Å². The maximum atomic E-state index is 13.0. The van der Waals surface area contributed by atoms with Crippen LogP contribution >= 0.6 is 22.0 Å². The van der Waals surface area contributed by atoms with Crippen LogP contribution < -0.4 is 10.6 Å². The number of hydrogen-bond acceptors (Lipinski definition) is 6. The van der Waals surface area contributed by atoms with Crippen LogP contribution in [0.4, 0.5) is 25.4 Å². The van der Waals surface area contributed by atoms with Gasteiger partial charge < -0.3 is 15.6 Å². The van der Waals surface area contributed by atoms with Gasteiger partial charge in [0.15, 0.2) is 11.3 Å². The van der Waals surface area contributed by atoms with E-state index in [1.54, 1.807) is 0 Å². The van der Waals surface area contributed by atoms with Gasteiger partial charge in [-0.1, -0.05) is 37.3 Å². The third-order valence-electron chi connectivity index (χ3n) is 4.85. The Labute approximate surface area is 173 Å². The summed E-state index contributed by atoms with van der Waals surface area (Å²) >= 11 is 0.809. The highest BCUT2D eigenvalue weighted by atomic mass is 32.5. The number of piperidine rings is 1. The molecule has 6 nitrogen and oxygen atoms in total. The lowest BCUT2D eigenvalue weighted by Gasteiger charge is -2.40. The highest BCUT2D eigenvalue weighted by molar-refractivity contribution is 8.45. The number of nitrogens with one attached hydrogen (secondary N) is 1. The Hall–Kier alpha value is -2.12. The van der Waals surface area contributed by atoms with Gasteiger partial charge >= 0.3 is 10.2 Å². The van der Waals surface area contributed by atoms with E-state index >= 15 is 0 Å². The molecule has 0 unspecified atom stereocenters. The molecular formula is C17H19F5N6S2. The Morgan fingerprint density at radius 3 is 2.50 bits per heavy atom. The number of fused-ring (bicyclic) bond motifs is 1. The maximum Gasteiger partial charge on any atom is 0.310 e. The van der Waals surface area contributed by atoms with Crippen LogP contribution in [0.15, 0.2) is 45.3 Å². The van der Waals surface area contributed by atoms with E-state index in [0.29, 0.717) is 29.4 Å². The minimum atomic E-state index is -9.74. The molecule has 3 N–H and O–H groups in total. The zero-order chi connectivity index (χ0) is 21.8. The zero-order valence-electron chi connectivity index (χ0n) is 15.8. The number of aromatic nitrogens is 4. The quantitative estimate of drug-likeness (QED) is 0.496. The molecule has 1 fully saturated rings. The summed E-state index contributed by atoms with van der Waals surface area (Å²) in [6, 6.07) is 3.04. The monoisotopic (exact) mass is 466 g/mol. The Morgan fingerprint density at radius 2 is 1.83 bits per heavy atom. The highest BCUT2D eigenvalue weighted by Crippen LogP contribution is 3.02. The number of H-pyrrole nitrogens is 1. The molecular weight excluding hydrogens is 447 g/mol. The van der Waals surface area contributed by atoms with E-state index in [9.17, 15) is 19.4 Å². The van der Waals surface area contributed by atoms with Crippen LogP contribution in [0.3, 0.4) is 0 Å². The fraction of sp³-hybridized carbons (Fsp3) is 0.353. The minimum absolute atomic E-state index is 0.0209. The predicted molar refractivity (Wildman–Crippen MR) is 108 cm³/mol. The summed E-state index contributed by atoms with van der Waals surface area (Å²) in [6.07, 6.45) is 2.94. The summed E-state index contributed by atoms with van der Waals surface area (Å²) < 4.78 is 65.2. The number of rotatable bonds is 4. The molecule has 1 aliphatic rings. The number of imidazole rings is 1. The second-order valence-electron chi connectivity index (χ2n) is 7.63. The Balaban J connectivity index is 1.57. The van der Waals surface area contributed by atoms with E-state index in [0.717, 1.165) is 43.8 Å². The first kappa shape index (κ1) is 21.1. The molecule has 1 saturated heterocycles. The SMILES string of the molecule is CC1(N)CCN(c2nc3ncc(Sc4cccc(S(F)(F)(F)(F)F)c4)nc3[nH]2)CC1. The molecule has 0 amide bonds. The van der Waals surface area contributed by atoms with Gasteiger partial charge in [0.05, 0.1) is 6.20 Å². The van der Waals surface area contributed by atoms with Crippen LogP contribution in [-0.4, -0.2) is 38.6 Å². The summed E-state index contributed by atoms with van der Waals surface area (Å²) in [6.45, 7) is 3.44. The lowest BCUT2D eigenvalue weighted by Crippen LogP contribution is -2.48. The fourth-order valence-corrected chi connectivity index (χ4v) is 4.67. The Kier molecular flexibility index (Phi) is 4.37. The second kappa shape index (κ2) is 6.20. The minimum Gasteiger partial charge on any atom is -0.342 e. The van der Waals surface area contributed by atoms with E-state index < -0.39 is 15.1 Å². The second-order valence-corrected chi connectivity index (χ2v) is 11.1. The number of benzene rings is 1. The number of halogens is 5. The third-order valence-corrected chi connectivity index (χ3v) is 6.89. The number of nitrogens with two attached hydrogens (primary N) is 1. The normalized spacial score (nSPS) is 19.5. The topological polar surface area (TPSA) is 83.7 Å². The van der Waals surface area contributed by atoms with Crippen molar-refractivity contribution in [1.29, 1.82) is 0 Å². The highest BCUT2D eigenvalue weighted by Gasteiger charge is 2.65. The lowest BCUT2D eigenvalue weighted by molar-refractivity contribution is 0.362.